The van der Waals surface area contributed by atoms with Crippen LogP contribution >= 0.6 is 0 Å². The molecular formula is C16H31NO5. The van der Waals surface area contributed by atoms with E-state index in [1.807, 2.05) is 6.92 Å². The maximum atomic E-state index is 11.9. The molecule has 130 valence electrons. The number of unbranched alkanes of at least 4 members (excludes halogenated alkanes) is 4. The minimum atomic E-state index is -1.55. The van der Waals surface area contributed by atoms with Crippen molar-refractivity contribution in [2.75, 3.05) is 6.54 Å². The Morgan fingerprint density at radius 3 is 2.32 bits per heavy atom. The molecule has 0 bridgehead atoms. The lowest BCUT2D eigenvalue weighted by Gasteiger charge is -2.25. The van der Waals surface area contributed by atoms with E-state index in [1.165, 1.54) is 6.92 Å². The number of carbonyl (C=O) groups excluding carboxylic acids is 1. The van der Waals surface area contributed by atoms with E-state index in [0.717, 1.165) is 32.1 Å². The zero-order valence-corrected chi connectivity index (χ0v) is 13.8. The molecular weight excluding hydrogens is 286 g/mol. The molecule has 0 heterocycles. The number of aliphatic hydroxyl groups is 2. The fourth-order valence-corrected chi connectivity index (χ4v) is 2.31. The van der Waals surface area contributed by atoms with E-state index >= 15 is 0 Å². The molecule has 0 aromatic carbocycles. The van der Waals surface area contributed by atoms with Crippen LogP contribution in [0.5, 0.6) is 0 Å². The van der Waals surface area contributed by atoms with Crippen LogP contribution in [-0.2, 0) is 9.59 Å². The average molecular weight is 317 g/mol. The van der Waals surface area contributed by atoms with Crippen LogP contribution < -0.4 is 5.32 Å². The van der Waals surface area contributed by atoms with E-state index in [0.29, 0.717) is 19.4 Å². The fourth-order valence-electron chi connectivity index (χ4n) is 2.31. The van der Waals surface area contributed by atoms with Crippen LogP contribution in [0.25, 0.3) is 0 Å². The fraction of sp³-hybridized carbons (Fsp3) is 0.875. The van der Waals surface area contributed by atoms with Gasteiger partial charge in [-0.15, -0.1) is 0 Å². The third-order valence-corrected chi connectivity index (χ3v) is 3.60. The first-order chi connectivity index (χ1) is 10.3. The van der Waals surface area contributed by atoms with Crippen LogP contribution in [0, 0.1) is 0 Å². The standard InChI is InChI=1S/C16H31NO5/c1-3-9-13(18)12-16(2,22)15(21)17-11-8-6-4-5-7-10-14(19)20/h13,18,22H,3-12H2,1-2H3,(H,17,21)(H,19,20)/t13-,16-/m0/s1. The van der Waals surface area contributed by atoms with Gasteiger partial charge in [0, 0.05) is 19.4 Å². The normalized spacial score (nSPS) is 15.1. The summed E-state index contributed by atoms with van der Waals surface area (Å²) in [6.07, 6.45) is 5.18. The van der Waals surface area contributed by atoms with Gasteiger partial charge < -0.3 is 20.6 Å². The Hall–Kier alpha value is -1.14. The first-order valence-electron chi connectivity index (χ1n) is 8.20. The molecule has 0 aromatic heterocycles. The second kappa shape index (κ2) is 11.4. The highest BCUT2D eigenvalue weighted by molar-refractivity contribution is 5.84. The molecule has 0 radical (unpaired) electrons. The van der Waals surface area contributed by atoms with Crippen LogP contribution in [0.4, 0.5) is 0 Å². The molecule has 0 spiro atoms. The molecule has 0 rings (SSSR count). The van der Waals surface area contributed by atoms with Crippen molar-refractivity contribution in [1.82, 2.24) is 5.32 Å². The third kappa shape index (κ3) is 10.6. The van der Waals surface area contributed by atoms with Gasteiger partial charge in [-0.2, -0.15) is 0 Å². The summed E-state index contributed by atoms with van der Waals surface area (Å²) < 4.78 is 0. The van der Waals surface area contributed by atoms with Gasteiger partial charge in [0.25, 0.3) is 5.91 Å². The van der Waals surface area contributed by atoms with Gasteiger partial charge in [0.2, 0.25) is 0 Å². The van der Waals surface area contributed by atoms with E-state index in [4.69, 9.17) is 5.11 Å². The van der Waals surface area contributed by atoms with E-state index in [1.54, 1.807) is 0 Å². The van der Waals surface area contributed by atoms with E-state index in [-0.39, 0.29) is 12.8 Å². The Morgan fingerprint density at radius 1 is 1.14 bits per heavy atom. The van der Waals surface area contributed by atoms with Crippen LogP contribution in [-0.4, -0.2) is 45.4 Å². The average Bonchev–Trinajstić information content (AvgIpc) is 2.40. The highest BCUT2D eigenvalue weighted by Gasteiger charge is 2.32. The number of nitrogens with one attached hydrogen (secondary N) is 1. The number of carboxylic acids is 1. The zero-order chi connectivity index (χ0) is 17.0. The number of hydrogen-bond acceptors (Lipinski definition) is 4. The van der Waals surface area contributed by atoms with Crippen LogP contribution in [0.2, 0.25) is 0 Å². The monoisotopic (exact) mass is 317 g/mol. The van der Waals surface area contributed by atoms with Gasteiger partial charge in [0.05, 0.1) is 6.10 Å². The number of carboxylic acid groups (broad SMARTS) is 1. The van der Waals surface area contributed by atoms with Crippen molar-refractivity contribution in [3.63, 3.8) is 0 Å². The lowest BCUT2D eigenvalue weighted by atomic mass is 9.95. The van der Waals surface area contributed by atoms with E-state index in [9.17, 15) is 19.8 Å². The maximum Gasteiger partial charge on any atom is 0.303 e. The molecule has 0 aliphatic heterocycles. The lowest BCUT2D eigenvalue weighted by molar-refractivity contribution is -0.141. The number of hydrogen-bond donors (Lipinski definition) is 4. The van der Waals surface area contributed by atoms with Crippen molar-refractivity contribution in [3.8, 4) is 0 Å². The smallest absolute Gasteiger partial charge is 0.303 e. The first-order valence-corrected chi connectivity index (χ1v) is 8.20. The third-order valence-electron chi connectivity index (χ3n) is 3.60. The second-order valence-corrected chi connectivity index (χ2v) is 6.09. The highest BCUT2D eigenvalue weighted by atomic mass is 16.4. The minimum Gasteiger partial charge on any atom is -0.481 e. The van der Waals surface area contributed by atoms with Crippen LogP contribution in [0.3, 0.4) is 0 Å². The molecule has 6 nitrogen and oxygen atoms in total. The number of carbonyl (C=O) groups is 2. The summed E-state index contributed by atoms with van der Waals surface area (Å²) in [6, 6.07) is 0. The molecule has 0 unspecified atom stereocenters. The molecule has 1 amide bonds. The predicted octanol–water partition coefficient (Wildman–Crippen LogP) is 1.83. The molecule has 0 saturated heterocycles. The molecule has 2 atom stereocenters. The highest BCUT2D eigenvalue weighted by Crippen LogP contribution is 2.15. The SMILES string of the molecule is CCC[C@H](O)C[C@](C)(O)C(=O)NCCCCCCCC(=O)O. The summed E-state index contributed by atoms with van der Waals surface area (Å²) in [7, 11) is 0. The van der Waals surface area contributed by atoms with E-state index in [2.05, 4.69) is 5.32 Å². The molecule has 0 aliphatic rings. The summed E-state index contributed by atoms with van der Waals surface area (Å²) in [5.41, 5.74) is -1.55. The second-order valence-electron chi connectivity index (χ2n) is 6.09. The zero-order valence-electron chi connectivity index (χ0n) is 13.8. The molecule has 4 N–H and O–H groups in total. The Labute approximate surface area is 132 Å². The van der Waals surface area contributed by atoms with Crippen molar-refractivity contribution in [3.05, 3.63) is 0 Å². The number of amides is 1. The molecule has 0 fully saturated rings. The number of aliphatic hydroxyl groups excluding tert-OH is 1. The number of aliphatic carboxylic acids is 1. The van der Waals surface area contributed by atoms with Crippen molar-refractivity contribution in [2.45, 2.75) is 83.3 Å². The molecule has 22 heavy (non-hydrogen) atoms. The van der Waals surface area contributed by atoms with Crippen molar-refractivity contribution in [2.24, 2.45) is 0 Å². The molecule has 0 aromatic rings. The molecule has 0 aliphatic carbocycles. The van der Waals surface area contributed by atoms with Gasteiger partial charge in [-0.05, 0) is 26.2 Å². The summed E-state index contributed by atoms with van der Waals surface area (Å²) in [6.45, 7) is 3.85. The Morgan fingerprint density at radius 2 is 1.73 bits per heavy atom. The first kappa shape index (κ1) is 20.9. The summed E-state index contributed by atoms with van der Waals surface area (Å²) >= 11 is 0. The Kier molecular flexibility index (Phi) is 10.8. The van der Waals surface area contributed by atoms with E-state index < -0.39 is 23.6 Å². The summed E-state index contributed by atoms with van der Waals surface area (Å²) in [5.74, 6) is -1.21. The lowest BCUT2D eigenvalue weighted by Crippen LogP contribution is -2.46. The van der Waals surface area contributed by atoms with Gasteiger partial charge in [0.15, 0.2) is 0 Å². The van der Waals surface area contributed by atoms with Gasteiger partial charge in [-0.1, -0.05) is 32.6 Å². The van der Waals surface area contributed by atoms with Gasteiger partial charge >= 0.3 is 5.97 Å². The van der Waals surface area contributed by atoms with Crippen LogP contribution in [0.1, 0.15) is 71.6 Å². The number of rotatable bonds is 13. The Balaban J connectivity index is 3.72. The minimum absolute atomic E-state index is 0.0435. The van der Waals surface area contributed by atoms with Gasteiger partial charge in [-0.3, -0.25) is 9.59 Å². The van der Waals surface area contributed by atoms with Gasteiger partial charge in [-0.25, -0.2) is 0 Å². The van der Waals surface area contributed by atoms with Gasteiger partial charge in [0.1, 0.15) is 5.60 Å². The molecule has 6 heteroatoms. The maximum absolute atomic E-state index is 11.9. The topological polar surface area (TPSA) is 107 Å². The predicted molar refractivity (Wildman–Crippen MR) is 84.5 cm³/mol. The largest absolute Gasteiger partial charge is 0.481 e. The van der Waals surface area contributed by atoms with Crippen molar-refractivity contribution in [1.29, 1.82) is 0 Å². The van der Waals surface area contributed by atoms with Crippen molar-refractivity contribution >= 4 is 11.9 Å². The quantitative estimate of drug-likeness (QED) is 0.388. The van der Waals surface area contributed by atoms with Crippen molar-refractivity contribution < 1.29 is 24.9 Å². The Bertz CT molecular complexity index is 330. The van der Waals surface area contributed by atoms with Crippen LogP contribution in [0.15, 0.2) is 0 Å². The summed E-state index contributed by atoms with van der Waals surface area (Å²) in [5, 5.41) is 30.9. The summed E-state index contributed by atoms with van der Waals surface area (Å²) in [4.78, 5) is 22.2. The molecule has 0 saturated carbocycles.